The number of nitrogens with one attached hydrogen (secondary N) is 2. The minimum atomic E-state index is -4.05. The summed E-state index contributed by atoms with van der Waals surface area (Å²) in [5, 5.41) is 23.6. The SMILES string of the molecule is CC(C)(C)CC(O)CNS(=O)(=O)c1[nH]ncc1C(=O)O. The summed E-state index contributed by atoms with van der Waals surface area (Å²) in [7, 11) is -4.05. The van der Waals surface area contributed by atoms with Gasteiger partial charge in [0.25, 0.3) is 10.0 Å². The third kappa shape index (κ3) is 4.58. The smallest absolute Gasteiger partial charge is 0.340 e. The molecular weight excluding hydrogens is 286 g/mol. The number of carbonyl (C=O) groups is 1. The molecule has 1 atom stereocenters. The van der Waals surface area contributed by atoms with Gasteiger partial charge < -0.3 is 10.2 Å². The predicted octanol–water partition coefficient (Wildman–Crippen LogP) is 0.183. The van der Waals surface area contributed by atoms with Crippen molar-refractivity contribution in [3.63, 3.8) is 0 Å². The van der Waals surface area contributed by atoms with Gasteiger partial charge in [-0.15, -0.1) is 0 Å². The van der Waals surface area contributed by atoms with E-state index in [4.69, 9.17) is 5.11 Å². The second kappa shape index (κ2) is 5.90. The zero-order valence-electron chi connectivity index (χ0n) is 11.5. The molecular formula is C11H19N3O5S. The molecule has 0 saturated carbocycles. The first kappa shape index (κ1) is 16.6. The van der Waals surface area contributed by atoms with Crippen molar-refractivity contribution in [3.8, 4) is 0 Å². The van der Waals surface area contributed by atoms with Gasteiger partial charge in [-0.3, -0.25) is 5.10 Å². The first-order chi connectivity index (χ1) is 9.03. The molecule has 0 spiro atoms. The van der Waals surface area contributed by atoms with E-state index in [9.17, 15) is 18.3 Å². The fourth-order valence-corrected chi connectivity index (χ4v) is 2.85. The minimum Gasteiger partial charge on any atom is -0.478 e. The van der Waals surface area contributed by atoms with Gasteiger partial charge in [-0.2, -0.15) is 5.10 Å². The Kier molecular flexibility index (Phi) is 4.90. The van der Waals surface area contributed by atoms with Gasteiger partial charge in [-0.1, -0.05) is 20.8 Å². The van der Waals surface area contributed by atoms with Crippen LogP contribution in [0.4, 0.5) is 0 Å². The molecule has 1 aromatic rings. The number of carboxylic acids is 1. The number of aliphatic hydroxyl groups is 1. The Morgan fingerprint density at radius 1 is 1.50 bits per heavy atom. The third-order valence-corrected chi connectivity index (χ3v) is 3.86. The van der Waals surface area contributed by atoms with Crippen LogP contribution in [0.3, 0.4) is 0 Å². The zero-order valence-corrected chi connectivity index (χ0v) is 12.4. The number of aromatic amines is 1. The number of H-pyrrole nitrogens is 1. The lowest BCUT2D eigenvalue weighted by atomic mass is 9.89. The van der Waals surface area contributed by atoms with Gasteiger partial charge in [-0.05, 0) is 11.8 Å². The average molecular weight is 305 g/mol. The highest BCUT2D eigenvalue weighted by Gasteiger charge is 2.26. The van der Waals surface area contributed by atoms with Gasteiger partial charge in [0, 0.05) is 6.54 Å². The van der Waals surface area contributed by atoms with E-state index in [0.717, 1.165) is 6.20 Å². The van der Waals surface area contributed by atoms with Gasteiger partial charge in [-0.25, -0.2) is 17.9 Å². The molecule has 0 aliphatic rings. The molecule has 0 bridgehead atoms. The largest absolute Gasteiger partial charge is 0.478 e. The molecule has 0 aliphatic heterocycles. The highest BCUT2D eigenvalue weighted by atomic mass is 32.2. The monoisotopic (exact) mass is 305 g/mol. The Labute approximate surface area is 117 Å². The summed E-state index contributed by atoms with van der Waals surface area (Å²) in [4.78, 5) is 10.9. The van der Waals surface area contributed by atoms with E-state index in [0.29, 0.717) is 6.42 Å². The molecule has 0 aromatic carbocycles. The number of aromatic carboxylic acids is 1. The Bertz CT molecular complexity index is 573. The van der Waals surface area contributed by atoms with E-state index in [1.807, 2.05) is 20.8 Å². The van der Waals surface area contributed by atoms with Gasteiger partial charge >= 0.3 is 5.97 Å². The second-order valence-corrected chi connectivity index (χ2v) is 7.39. The van der Waals surface area contributed by atoms with Crippen LogP contribution in [0, 0.1) is 5.41 Å². The molecule has 0 fully saturated rings. The van der Waals surface area contributed by atoms with E-state index in [1.54, 1.807) is 0 Å². The Morgan fingerprint density at radius 3 is 2.60 bits per heavy atom. The Morgan fingerprint density at radius 2 is 2.10 bits per heavy atom. The number of aliphatic hydroxyl groups excluding tert-OH is 1. The van der Waals surface area contributed by atoms with Crippen LogP contribution in [-0.4, -0.2) is 47.4 Å². The molecule has 1 heterocycles. The number of rotatable bonds is 6. The maximum absolute atomic E-state index is 11.9. The lowest BCUT2D eigenvalue weighted by molar-refractivity contribution is 0.0692. The van der Waals surface area contributed by atoms with E-state index in [-0.39, 0.29) is 12.0 Å². The number of hydrogen-bond acceptors (Lipinski definition) is 5. The molecule has 0 aliphatic carbocycles. The summed E-state index contributed by atoms with van der Waals surface area (Å²) < 4.78 is 26.0. The molecule has 1 unspecified atom stereocenters. The first-order valence-corrected chi connectivity index (χ1v) is 7.45. The quantitative estimate of drug-likeness (QED) is 0.593. The lowest BCUT2D eigenvalue weighted by Gasteiger charge is -2.22. The second-order valence-electron chi connectivity index (χ2n) is 5.69. The van der Waals surface area contributed by atoms with Crippen molar-refractivity contribution < 1.29 is 23.4 Å². The summed E-state index contributed by atoms with van der Waals surface area (Å²) in [5.41, 5.74) is -0.590. The molecule has 0 amide bonds. The molecule has 114 valence electrons. The van der Waals surface area contributed by atoms with Crippen LogP contribution in [0.2, 0.25) is 0 Å². The Hall–Kier alpha value is -1.45. The van der Waals surface area contributed by atoms with Crippen molar-refractivity contribution in [1.29, 1.82) is 0 Å². The van der Waals surface area contributed by atoms with Crippen LogP contribution >= 0.6 is 0 Å². The van der Waals surface area contributed by atoms with Crippen molar-refractivity contribution in [2.45, 2.75) is 38.3 Å². The molecule has 20 heavy (non-hydrogen) atoms. The number of sulfonamides is 1. The summed E-state index contributed by atoms with van der Waals surface area (Å²) in [6.45, 7) is 5.56. The molecule has 1 rings (SSSR count). The standard InChI is InChI=1S/C11H19N3O5S/c1-11(2,3)4-7(15)5-13-20(18,19)9-8(10(16)17)6-12-14-9/h6-7,13,15H,4-5H2,1-3H3,(H,12,14)(H,16,17). The van der Waals surface area contributed by atoms with Crippen LogP contribution in [0.15, 0.2) is 11.2 Å². The maximum Gasteiger partial charge on any atom is 0.340 e. The van der Waals surface area contributed by atoms with Crippen LogP contribution in [-0.2, 0) is 10.0 Å². The van der Waals surface area contributed by atoms with Crippen LogP contribution in [0.25, 0.3) is 0 Å². The highest BCUT2D eigenvalue weighted by molar-refractivity contribution is 7.89. The van der Waals surface area contributed by atoms with E-state index in [2.05, 4.69) is 14.9 Å². The van der Waals surface area contributed by atoms with Crippen molar-refractivity contribution in [3.05, 3.63) is 11.8 Å². The maximum atomic E-state index is 11.9. The van der Waals surface area contributed by atoms with E-state index < -0.39 is 32.7 Å². The first-order valence-electron chi connectivity index (χ1n) is 5.97. The summed E-state index contributed by atoms with van der Waals surface area (Å²) in [5.74, 6) is -1.39. The number of carboxylic acid groups (broad SMARTS) is 1. The summed E-state index contributed by atoms with van der Waals surface area (Å²) in [6.07, 6.45) is 0.466. The summed E-state index contributed by atoms with van der Waals surface area (Å²) in [6, 6.07) is 0. The van der Waals surface area contributed by atoms with E-state index >= 15 is 0 Å². The zero-order chi connectivity index (χ0) is 15.6. The van der Waals surface area contributed by atoms with Crippen LogP contribution < -0.4 is 4.72 Å². The highest BCUT2D eigenvalue weighted by Crippen LogP contribution is 2.20. The molecule has 0 radical (unpaired) electrons. The molecule has 4 N–H and O–H groups in total. The van der Waals surface area contributed by atoms with Crippen molar-refractivity contribution in [2.24, 2.45) is 5.41 Å². The van der Waals surface area contributed by atoms with Crippen molar-refractivity contribution in [1.82, 2.24) is 14.9 Å². The molecule has 9 heteroatoms. The number of aromatic nitrogens is 2. The van der Waals surface area contributed by atoms with Gasteiger partial charge in [0.15, 0.2) is 5.03 Å². The van der Waals surface area contributed by atoms with Gasteiger partial charge in [0.1, 0.15) is 5.56 Å². The molecule has 8 nitrogen and oxygen atoms in total. The third-order valence-electron chi connectivity index (χ3n) is 2.46. The fraction of sp³-hybridized carbons (Fsp3) is 0.636. The van der Waals surface area contributed by atoms with Crippen molar-refractivity contribution >= 4 is 16.0 Å². The van der Waals surface area contributed by atoms with Crippen LogP contribution in [0.1, 0.15) is 37.6 Å². The fourth-order valence-electron chi connectivity index (χ4n) is 1.69. The predicted molar refractivity (Wildman–Crippen MR) is 70.8 cm³/mol. The number of nitrogens with zero attached hydrogens (tertiary/aromatic N) is 1. The summed E-state index contributed by atoms with van der Waals surface area (Å²) >= 11 is 0. The number of hydrogen-bond donors (Lipinski definition) is 4. The molecule has 0 saturated heterocycles. The Balaban J connectivity index is 2.76. The van der Waals surface area contributed by atoms with Crippen molar-refractivity contribution in [2.75, 3.05) is 6.54 Å². The molecule has 1 aromatic heterocycles. The normalized spacial score (nSPS) is 14.2. The van der Waals surface area contributed by atoms with E-state index in [1.165, 1.54) is 0 Å². The lowest BCUT2D eigenvalue weighted by Crippen LogP contribution is -2.35. The van der Waals surface area contributed by atoms with Gasteiger partial charge in [0.2, 0.25) is 0 Å². The average Bonchev–Trinajstić information content (AvgIpc) is 2.73. The van der Waals surface area contributed by atoms with Gasteiger partial charge in [0.05, 0.1) is 12.3 Å². The van der Waals surface area contributed by atoms with Crippen LogP contribution in [0.5, 0.6) is 0 Å². The minimum absolute atomic E-state index is 0.148. The topological polar surface area (TPSA) is 132 Å².